The fourth-order valence-corrected chi connectivity index (χ4v) is 3.76. The third kappa shape index (κ3) is 3.93. The fraction of sp³-hybridized carbons (Fsp3) is 0.273. The van der Waals surface area contributed by atoms with Gasteiger partial charge >= 0.3 is 0 Å². The number of hydrogen-bond donors (Lipinski definition) is 1. The van der Waals surface area contributed by atoms with Crippen molar-refractivity contribution in [2.75, 3.05) is 31.6 Å². The van der Waals surface area contributed by atoms with Crippen LogP contribution in [0.4, 0.5) is 5.95 Å². The first-order valence-corrected chi connectivity index (χ1v) is 10.3. The van der Waals surface area contributed by atoms with Crippen LogP contribution < -0.4 is 16.0 Å². The number of aromatic nitrogens is 4. The predicted molar refractivity (Wildman–Crippen MR) is 118 cm³/mol. The quantitative estimate of drug-likeness (QED) is 0.656. The molecule has 1 N–H and O–H groups in total. The van der Waals surface area contributed by atoms with Gasteiger partial charge in [0.2, 0.25) is 5.95 Å². The molecule has 2 aliphatic rings. The highest BCUT2D eigenvalue weighted by molar-refractivity contribution is 5.60. The number of ether oxygens (including phenoxy) is 1. The fourth-order valence-electron chi connectivity index (χ4n) is 3.76. The van der Waals surface area contributed by atoms with Gasteiger partial charge in [0.1, 0.15) is 12.4 Å². The molecule has 32 heavy (non-hydrogen) atoms. The van der Waals surface area contributed by atoms with E-state index >= 15 is 0 Å². The van der Waals surface area contributed by atoms with Crippen LogP contribution in [0.1, 0.15) is 17.2 Å². The van der Waals surface area contributed by atoms with Crippen molar-refractivity contribution >= 4 is 11.7 Å². The van der Waals surface area contributed by atoms with Crippen molar-refractivity contribution < 1.29 is 9.57 Å². The number of nitrogens with one attached hydrogen (secondary N) is 1. The first kappa shape index (κ1) is 20.2. The molecule has 0 aliphatic carbocycles. The molecule has 1 atom stereocenters. The van der Waals surface area contributed by atoms with Crippen molar-refractivity contribution in [2.24, 2.45) is 7.05 Å². The molecule has 10 nitrogen and oxygen atoms in total. The third-order valence-electron chi connectivity index (χ3n) is 5.48. The molecular formula is C22H23N7O3. The third-order valence-corrected chi connectivity index (χ3v) is 5.48. The lowest BCUT2D eigenvalue weighted by Crippen LogP contribution is -2.41. The van der Waals surface area contributed by atoms with E-state index in [4.69, 9.17) is 14.6 Å². The van der Waals surface area contributed by atoms with E-state index < -0.39 is 0 Å². The van der Waals surface area contributed by atoms with Crippen LogP contribution in [0.5, 0.6) is 0 Å². The number of nitrogens with zero attached hydrogens (tertiary/aromatic N) is 6. The molecule has 0 amide bonds. The monoisotopic (exact) mass is 433 g/mol. The molecule has 5 rings (SSSR count). The number of hydrogen-bond acceptors (Lipinski definition) is 9. The van der Waals surface area contributed by atoms with Crippen LogP contribution in [0.15, 0.2) is 59.9 Å². The number of benzene rings is 1. The van der Waals surface area contributed by atoms with Crippen molar-refractivity contribution in [2.45, 2.75) is 6.10 Å². The largest absolute Gasteiger partial charge is 0.387 e. The minimum atomic E-state index is -0.142. The number of hydrazine groups is 1. The number of rotatable bonds is 4. The van der Waals surface area contributed by atoms with E-state index in [-0.39, 0.29) is 11.7 Å². The Bertz CT molecular complexity index is 1190. The molecule has 0 spiro atoms. The smallest absolute Gasteiger partial charge is 0.255 e. The van der Waals surface area contributed by atoms with Gasteiger partial charge in [-0.2, -0.15) is 0 Å². The van der Waals surface area contributed by atoms with Crippen LogP contribution in [0.3, 0.4) is 0 Å². The van der Waals surface area contributed by atoms with Crippen molar-refractivity contribution in [1.82, 2.24) is 30.1 Å². The van der Waals surface area contributed by atoms with Crippen LogP contribution in [-0.4, -0.2) is 51.3 Å². The lowest BCUT2D eigenvalue weighted by molar-refractivity contribution is 0.0389. The minimum absolute atomic E-state index is 0.139. The summed E-state index contributed by atoms with van der Waals surface area (Å²) in [7, 11) is 3.60. The van der Waals surface area contributed by atoms with Crippen LogP contribution in [-0.2, 0) is 16.6 Å². The van der Waals surface area contributed by atoms with E-state index in [1.807, 2.05) is 37.5 Å². The molecule has 1 aromatic carbocycles. The molecule has 0 saturated carbocycles. The second-order valence-electron chi connectivity index (χ2n) is 7.66. The summed E-state index contributed by atoms with van der Waals surface area (Å²) in [5.74, 6) is 1.35. The molecule has 0 unspecified atom stereocenters. The molecular weight excluding hydrogens is 410 g/mol. The Hall–Kier alpha value is -3.76. The maximum Gasteiger partial charge on any atom is 0.255 e. The predicted octanol–water partition coefficient (Wildman–Crippen LogP) is 1.50. The minimum Gasteiger partial charge on any atom is -0.387 e. The number of morpholine rings is 1. The maximum atomic E-state index is 12.6. The van der Waals surface area contributed by atoms with Crippen LogP contribution in [0.2, 0.25) is 0 Å². The Labute approximate surface area is 184 Å². The van der Waals surface area contributed by atoms with Crippen LogP contribution >= 0.6 is 0 Å². The van der Waals surface area contributed by atoms with Crippen molar-refractivity contribution in [3.63, 3.8) is 0 Å². The molecule has 164 valence electrons. The summed E-state index contributed by atoms with van der Waals surface area (Å²) in [4.78, 5) is 33.0. The molecule has 4 heterocycles. The normalized spacial score (nSPS) is 18.4. The highest BCUT2D eigenvalue weighted by Gasteiger charge is 2.25. The average Bonchev–Trinajstić information content (AvgIpc) is 3.28. The second kappa shape index (κ2) is 8.40. The summed E-state index contributed by atoms with van der Waals surface area (Å²) in [5, 5.41) is 1.75. The first-order valence-electron chi connectivity index (χ1n) is 10.3. The molecule has 1 saturated heterocycles. The topological polar surface area (TPSA) is 97.6 Å². The molecule has 10 heteroatoms. The van der Waals surface area contributed by atoms with E-state index in [1.54, 1.807) is 28.9 Å². The second-order valence-corrected chi connectivity index (χ2v) is 7.66. The molecule has 0 radical (unpaired) electrons. The van der Waals surface area contributed by atoms with E-state index in [1.165, 1.54) is 12.4 Å². The summed E-state index contributed by atoms with van der Waals surface area (Å²) in [5.41, 5.74) is 5.79. The Morgan fingerprint density at radius 2 is 1.97 bits per heavy atom. The van der Waals surface area contributed by atoms with E-state index in [9.17, 15) is 4.79 Å². The van der Waals surface area contributed by atoms with Crippen LogP contribution in [0, 0.1) is 0 Å². The summed E-state index contributed by atoms with van der Waals surface area (Å²) in [6, 6.07) is 11.3. The highest BCUT2D eigenvalue weighted by Crippen LogP contribution is 2.27. The average molecular weight is 433 g/mol. The lowest BCUT2D eigenvalue weighted by Gasteiger charge is -2.34. The summed E-state index contributed by atoms with van der Waals surface area (Å²) >= 11 is 0. The van der Waals surface area contributed by atoms with Gasteiger partial charge in [0.05, 0.1) is 30.7 Å². The van der Waals surface area contributed by atoms with Crippen molar-refractivity contribution in [1.29, 1.82) is 0 Å². The van der Waals surface area contributed by atoms with Gasteiger partial charge in [-0.05, 0) is 11.6 Å². The Morgan fingerprint density at radius 3 is 2.69 bits per heavy atom. The van der Waals surface area contributed by atoms with Gasteiger partial charge in [-0.3, -0.25) is 14.4 Å². The zero-order chi connectivity index (χ0) is 22.1. The summed E-state index contributed by atoms with van der Waals surface area (Å²) in [6.07, 6.45) is 4.82. The maximum absolute atomic E-state index is 12.6. The number of anilines is 1. The zero-order valence-electron chi connectivity index (χ0n) is 17.8. The van der Waals surface area contributed by atoms with Gasteiger partial charge in [-0.15, -0.1) is 0 Å². The first-order chi connectivity index (χ1) is 15.6. The Morgan fingerprint density at radius 1 is 1.12 bits per heavy atom. The van der Waals surface area contributed by atoms with E-state index in [2.05, 4.69) is 20.5 Å². The molecule has 2 aliphatic heterocycles. The zero-order valence-corrected chi connectivity index (χ0v) is 17.8. The van der Waals surface area contributed by atoms with E-state index in [0.717, 1.165) is 16.9 Å². The van der Waals surface area contributed by atoms with E-state index in [0.29, 0.717) is 37.0 Å². The summed E-state index contributed by atoms with van der Waals surface area (Å²) < 4.78 is 7.60. The van der Waals surface area contributed by atoms with Gasteiger partial charge in [-0.25, -0.2) is 15.0 Å². The highest BCUT2D eigenvalue weighted by atomic mass is 16.7. The van der Waals surface area contributed by atoms with Gasteiger partial charge in [0, 0.05) is 38.5 Å². The van der Waals surface area contributed by atoms with Crippen LogP contribution in [0.25, 0.3) is 17.1 Å². The standard InChI is InChI=1S/C22H23N7O3/c1-27-12-20(32-26-27)16-5-3-15(4-6-16)19-13-29(9-10-31-19)22-25-18(11-21(30)28(22)2)17-7-8-23-14-24-17/h3-8,11-12,14,19,26H,9-10,13H2,1-2H3/t19-/m1/s1. The van der Waals surface area contributed by atoms with Crippen molar-refractivity contribution in [3.8, 4) is 11.4 Å². The molecule has 0 bridgehead atoms. The van der Waals surface area contributed by atoms with Gasteiger partial charge in [0.15, 0.2) is 5.76 Å². The Kier molecular flexibility index (Phi) is 5.29. The van der Waals surface area contributed by atoms with Gasteiger partial charge in [-0.1, -0.05) is 29.9 Å². The molecule has 1 fully saturated rings. The lowest BCUT2D eigenvalue weighted by atomic mass is 10.0. The van der Waals surface area contributed by atoms with Gasteiger partial charge < -0.3 is 14.5 Å². The molecule has 2 aromatic heterocycles. The SMILES string of the molecule is CN1C=C(c2ccc([C@H]3CN(c4nc(-c5ccncn5)cc(=O)n4C)CCO3)cc2)ON1. The van der Waals surface area contributed by atoms with Gasteiger partial charge in [0.25, 0.3) is 5.56 Å². The summed E-state index contributed by atoms with van der Waals surface area (Å²) in [6.45, 7) is 1.75. The van der Waals surface area contributed by atoms with Crippen molar-refractivity contribution in [3.05, 3.63) is 76.6 Å². The Balaban J connectivity index is 1.39. The molecule has 3 aromatic rings.